The number of hydrogen-bond acceptors (Lipinski definition) is 7. The lowest BCUT2D eigenvalue weighted by atomic mass is 9.83. The van der Waals surface area contributed by atoms with Crippen LogP contribution in [0.4, 0.5) is 5.69 Å². The van der Waals surface area contributed by atoms with Crippen molar-refractivity contribution in [1.82, 2.24) is 0 Å². The smallest absolute Gasteiger partial charge is 0.205 e. The first-order valence-corrected chi connectivity index (χ1v) is 8.32. The van der Waals surface area contributed by atoms with E-state index >= 15 is 0 Å². The number of rotatable bonds is 3. The van der Waals surface area contributed by atoms with Gasteiger partial charge in [-0.25, -0.2) is 0 Å². The van der Waals surface area contributed by atoms with Gasteiger partial charge in [0.05, 0.1) is 30.3 Å². The molecule has 1 heterocycles. The predicted octanol–water partition coefficient (Wildman–Crippen LogP) is 2.97. The average Bonchev–Trinajstić information content (AvgIpc) is 2.63. The molecule has 2 aromatic carbocycles. The van der Waals surface area contributed by atoms with Crippen LogP contribution in [-0.2, 0) is 0 Å². The SMILES string of the molecule is COc1cc(C2C(C#N)=C(N)Oc3c2ccc(N)c3O)cc(Br)c1OC. The zero-order chi connectivity index (χ0) is 19.0. The first-order chi connectivity index (χ1) is 12.4. The molecule has 1 atom stereocenters. The van der Waals surface area contributed by atoms with Gasteiger partial charge >= 0.3 is 0 Å². The molecule has 5 N–H and O–H groups in total. The minimum Gasteiger partial charge on any atom is -0.503 e. The van der Waals surface area contributed by atoms with Crippen LogP contribution in [0, 0.1) is 11.3 Å². The number of halogens is 1. The van der Waals surface area contributed by atoms with Gasteiger partial charge in [0.1, 0.15) is 11.6 Å². The molecule has 8 heteroatoms. The van der Waals surface area contributed by atoms with Gasteiger partial charge in [-0.15, -0.1) is 0 Å². The van der Waals surface area contributed by atoms with Crippen LogP contribution in [0.1, 0.15) is 17.0 Å². The molecule has 0 bridgehead atoms. The quantitative estimate of drug-likeness (QED) is 0.517. The molecule has 0 spiro atoms. The third kappa shape index (κ3) is 2.66. The second kappa shape index (κ2) is 6.69. The van der Waals surface area contributed by atoms with Crippen molar-refractivity contribution in [2.24, 2.45) is 5.73 Å². The Morgan fingerprint density at radius 1 is 1.23 bits per heavy atom. The molecule has 3 rings (SSSR count). The molecular formula is C18H16BrN3O4. The highest BCUT2D eigenvalue weighted by Gasteiger charge is 2.33. The summed E-state index contributed by atoms with van der Waals surface area (Å²) in [5.41, 5.74) is 13.3. The van der Waals surface area contributed by atoms with E-state index < -0.39 is 5.92 Å². The Morgan fingerprint density at radius 3 is 2.58 bits per heavy atom. The van der Waals surface area contributed by atoms with Crippen LogP contribution in [-0.4, -0.2) is 19.3 Å². The summed E-state index contributed by atoms with van der Waals surface area (Å²) in [6, 6.07) is 8.90. The fourth-order valence-electron chi connectivity index (χ4n) is 2.97. The minimum atomic E-state index is -0.564. The number of hydrogen-bond donors (Lipinski definition) is 3. The summed E-state index contributed by atoms with van der Waals surface area (Å²) in [7, 11) is 3.05. The third-order valence-corrected chi connectivity index (χ3v) is 4.77. The van der Waals surface area contributed by atoms with Gasteiger partial charge in [-0.1, -0.05) is 6.07 Å². The summed E-state index contributed by atoms with van der Waals surface area (Å²) in [5.74, 6) is 0.284. The maximum absolute atomic E-state index is 10.3. The van der Waals surface area contributed by atoms with Gasteiger partial charge in [0.25, 0.3) is 0 Å². The van der Waals surface area contributed by atoms with Crippen molar-refractivity contribution in [3.05, 3.63) is 51.3 Å². The monoisotopic (exact) mass is 417 g/mol. The Hall–Kier alpha value is -3.05. The highest BCUT2D eigenvalue weighted by atomic mass is 79.9. The molecule has 1 unspecified atom stereocenters. The average molecular weight is 418 g/mol. The number of nitriles is 1. The van der Waals surface area contributed by atoms with Crippen LogP contribution >= 0.6 is 15.9 Å². The highest BCUT2D eigenvalue weighted by Crippen LogP contribution is 2.49. The van der Waals surface area contributed by atoms with Crippen molar-refractivity contribution in [1.29, 1.82) is 5.26 Å². The number of methoxy groups -OCH3 is 2. The number of nitrogens with zero attached hydrogens (tertiary/aromatic N) is 1. The molecule has 134 valence electrons. The normalized spacial score (nSPS) is 15.7. The molecule has 0 saturated heterocycles. The lowest BCUT2D eigenvalue weighted by Gasteiger charge is -2.28. The number of allylic oxidation sites excluding steroid dienone is 1. The molecule has 26 heavy (non-hydrogen) atoms. The van der Waals surface area contributed by atoms with Crippen molar-refractivity contribution in [3.63, 3.8) is 0 Å². The number of nitrogens with two attached hydrogens (primary N) is 2. The van der Waals surface area contributed by atoms with Crippen molar-refractivity contribution in [3.8, 4) is 29.1 Å². The number of aromatic hydroxyl groups is 1. The number of benzene rings is 2. The van der Waals surface area contributed by atoms with Crippen LogP contribution in [0.25, 0.3) is 0 Å². The number of fused-ring (bicyclic) bond motifs is 1. The summed E-state index contributed by atoms with van der Waals surface area (Å²) in [6.07, 6.45) is 0. The summed E-state index contributed by atoms with van der Waals surface area (Å²) in [5, 5.41) is 19.9. The van der Waals surface area contributed by atoms with Gasteiger partial charge in [0.2, 0.25) is 5.88 Å². The standard InChI is InChI=1S/C18H16BrN3O4/c1-24-13-6-8(5-11(19)17(13)25-2)14-9-3-4-12(21)15(23)16(9)26-18(22)10(14)7-20/h3-6,14,23H,21-22H2,1-2H3. The first-order valence-electron chi connectivity index (χ1n) is 7.53. The Morgan fingerprint density at radius 2 is 1.96 bits per heavy atom. The summed E-state index contributed by atoms with van der Waals surface area (Å²) in [6.45, 7) is 0. The van der Waals surface area contributed by atoms with Gasteiger partial charge < -0.3 is 30.8 Å². The minimum absolute atomic E-state index is 0.0863. The van der Waals surface area contributed by atoms with E-state index in [9.17, 15) is 10.4 Å². The van der Waals surface area contributed by atoms with Gasteiger partial charge in [0, 0.05) is 5.56 Å². The number of phenols is 1. The predicted molar refractivity (Wildman–Crippen MR) is 99.1 cm³/mol. The Kier molecular flexibility index (Phi) is 4.57. The molecule has 2 aromatic rings. The van der Waals surface area contributed by atoms with E-state index in [1.54, 1.807) is 24.3 Å². The van der Waals surface area contributed by atoms with Crippen LogP contribution in [0.3, 0.4) is 0 Å². The van der Waals surface area contributed by atoms with Crippen LogP contribution < -0.4 is 25.7 Å². The maximum atomic E-state index is 10.3. The third-order valence-electron chi connectivity index (χ3n) is 4.18. The van der Waals surface area contributed by atoms with E-state index in [0.29, 0.717) is 27.1 Å². The van der Waals surface area contributed by atoms with Gasteiger partial charge in [-0.2, -0.15) is 5.26 Å². The summed E-state index contributed by atoms with van der Waals surface area (Å²) >= 11 is 3.45. The molecule has 0 aliphatic carbocycles. The fraction of sp³-hybridized carbons (Fsp3) is 0.167. The highest BCUT2D eigenvalue weighted by molar-refractivity contribution is 9.10. The van der Waals surface area contributed by atoms with E-state index in [1.807, 2.05) is 0 Å². The van der Waals surface area contributed by atoms with Crippen molar-refractivity contribution in [2.75, 3.05) is 20.0 Å². The molecule has 0 radical (unpaired) electrons. The molecule has 7 nitrogen and oxygen atoms in total. The first kappa shape index (κ1) is 17.8. The number of nitrogen functional groups attached to an aromatic ring is 1. The van der Waals surface area contributed by atoms with Gasteiger partial charge in [-0.05, 0) is 39.7 Å². The van der Waals surface area contributed by atoms with Crippen LogP contribution in [0.2, 0.25) is 0 Å². The zero-order valence-electron chi connectivity index (χ0n) is 14.0. The van der Waals surface area contributed by atoms with Crippen LogP contribution in [0.5, 0.6) is 23.0 Å². The zero-order valence-corrected chi connectivity index (χ0v) is 15.6. The molecular weight excluding hydrogens is 402 g/mol. The second-order valence-corrected chi connectivity index (χ2v) is 6.44. The van der Waals surface area contributed by atoms with Crippen molar-refractivity contribution >= 4 is 21.6 Å². The topological polar surface area (TPSA) is 124 Å². The van der Waals surface area contributed by atoms with E-state index in [2.05, 4.69) is 22.0 Å². The lowest BCUT2D eigenvalue weighted by molar-refractivity contribution is 0.351. The fourth-order valence-corrected chi connectivity index (χ4v) is 3.59. The van der Waals surface area contributed by atoms with E-state index in [4.69, 9.17) is 25.7 Å². The molecule has 0 aromatic heterocycles. The molecule has 0 saturated carbocycles. The van der Waals surface area contributed by atoms with E-state index in [1.165, 1.54) is 14.2 Å². The molecule has 0 fully saturated rings. The lowest BCUT2D eigenvalue weighted by Crippen LogP contribution is -2.21. The summed E-state index contributed by atoms with van der Waals surface area (Å²) < 4.78 is 16.8. The van der Waals surface area contributed by atoms with E-state index in [-0.39, 0.29) is 28.6 Å². The Labute approximate surface area is 158 Å². The Balaban J connectivity index is 2.29. The number of anilines is 1. The number of ether oxygens (including phenoxy) is 3. The van der Waals surface area contributed by atoms with E-state index in [0.717, 1.165) is 0 Å². The van der Waals surface area contributed by atoms with Crippen LogP contribution in [0.15, 0.2) is 40.2 Å². The molecule has 1 aliphatic heterocycles. The number of phenolic OH excluding ortho intramolecular Hbond substituents is 1. The largest absolute Gasteiger partial charge is 0.503 e. The second-order valence-electron chi connectivity index (χ2n) is 5.58. The maximum Gasteiger partial charge on any atom is 0.205 e. The van der Waals surface area contributed by atoms with Crippen molar-refractivity contribution in [2.45, 2.75) is 5.92 Å². The molecule has 0 amide bonds. The van der Waals surface area contributed by atoms with Gasteiger partial charge in [-0.3, -0.25) is 0 Å². The summed E-state index contributed by atoms with van der Waals surface area (Å²) in [4.78, 5) is 0. The van der Waals surface area contributed by atoms with Crippen molar-refractivity contribution < 1.29 is 19.3 Å². The van der Waals surface area contributed by atoms with Gasteiger partial charge in [0.15, 0.2) is 23.0 Å². The Bertz CT molecular complexity index is 966. The molecule has 1 aliphatic rings.